The van der Waals surface area contributed by atoms with Crippen LogP contribution in [0.3, 0.4) is 0 Å². The molecule has 3 rings (SSSR count). The Morgan fingerprint density at radius 3 is 1.81 bits per heavy atom. The first-order chi connectivity index (χ1) is 15.6. The van der Waals surface area contributed by atoms with E-state index in [1.54, 1.807) is 45.9 Å². The zero-order valence-corrected chi connectivity index (χ0v) is 18.9. The summed E-state index contributed by atoms with van der Waals surface area (Å²) in [6.07, 6.45) is 6.69. The summed E-state index contributed by atoms with van der Waals surface area (Å²) in [6.45, 7) is 0. The lowest BCUT2D eigenvalue weighted by atomic mass is 10.1. The van der Waals surface area contributed by atoms with Gasteiger partial charge in [0.15, 0.2) is 11.5 Å². The van der Waals surface area contributed by atoms with Crippen LogP contribution in [-0.2, 0) is 30.4 Å². The highest BCUT2D eigenvalue weighted by atomic mass is 16.5. The van der Waals surface area contributed by atoms with Crippen molar-refractivity contribution in [3.63, 3.8) is 0 Å². The number of aromatic nitrogens is 2. The van der Waals surface area contributed by atoms with Gasteiger partial charge < -0.3 is 18.9 Å². The minimum Gasteiger partial charge on any atom is -0.493 e. The van der Waals surface area contributed by atoms with Crippen molar-refractivity contribution < 1.29 is 23.7 Å². The number of hydrogen-bond acceptors (Lipinski definition) is 7. The quantitative estimate of drug-likeness (QED) is 0.447. The summed E-state index contributed by atoms with van der Waals surface area (Å²) in [5.41, 5.74) is 4.60. The number of carbonyl (C=O) groups excluding carboxylic acids is 1. The van der Waals surface area contributed by atoms with Gasteiger partial charge in [-0.1, -0.05) is 12.1 Å². The largest absolute Gasteiger partial charge is 0.493 e. The fourth-order valence-corrected chi connectivity index (χ4v) is 3.44. The topological polar surface area (TPSA) is 79.8 Å². The number of nitrogens with zero attached hydrogens (tertiary/aromatic N) is 2. The first-order valence-corrected chi connectivity index (χ1v) is 10.3. The monoisotopic (exact) mass is 436 g/mol. The highest BCUT2D eigenvalue weighted by Gasteiger charge is 2.13. The molecule has 7 nitrogen and oxygen atoms in total. The molecule has 1 heterocycles. The summed E-state index contributed by atoms with van der Waals surface area (Å²) >= 11 is 0. The van der Waals surface area contributed by atoms with Crippen LogP contribution < -0.4 is 14.2 Å². The number of methoxy groups -OCH3 is 4. The molecule has 1 aromatic heterocycles. The van der Waals surface area contributed by atoms with Crippen molar-refractivity contribution in [2.75, 3.05) is 28.4 Å². The van der Waals surface area contributed by atoms with Crippen LogP contribution in [0.25, 0.3) is 0 Å². The van der Waals surface area contributed by atoms with Crippen LogP contribution >= 0.6 is 0 Å². The molecule has 2 aromatic carbocycles. The van der Waals surface area contributed by atoms with Gasteiger partial charge in [0.25, 0.3) is 0 Å². The average molecular weight is 437 g/mol. The minimum absolute atomic E-state index is 0.331. The molecule has 0 atom stereocenters. The van der Waals surface area contributed by atoms with Gasteiger partial charge in [0.2, 0.25) is 5.75 Å². The van der Waals surface area contributed by atoms with Crippen LogP contribution in [0.2, 0.25) is 0 Å². The first kappa shape index (κ1) is 23.1. The van der Waals surface area contributed by atoms with Gasteiger partial charge in [-0.05, 0) is 61.1 Å². The molecule has 0 N–H and O–H groups in total. The summed E-state index contributed by atoms with van der Waals surface area (Å²) in [4.78, 5) is 20.7. The van der Waals surface area contributed by atoms with E-state index in [2.05, 4.69) is 4.98 Å². The number of rotatable bonds is 10. The zero-order valence-electron chi connectivity index (χ0n) is 18.9. The smallest absolute Gasteiger partial charge is 0.337 e. The van der Waals surface area contributed by atoms with E-state index in [4.69, 9.17) is 23.9 Å². The molecule has 168 valence electrons. The van der Waals surface area contributed by atoms with Crippen LogP contribution in [0.4, 0.5) is 0 Å². The van der Waals surface area contributed by atoms with E-state index >= 15 is 0 Å². The van der Waals surface area contributed by atoms with Gasteiger partial charge in [-0.2, -0.15) is 0 Å². The summed E-state index contributed by atoms with van der Waals surface area (Å²) in [5, 5.41) is 0. The molecule has 3 aromatic rings. The Kier molecular flexibility index (Phi) is 8.02. The summed E-state index contributed by atoms with van der Waals surface area (Å²) in [5.74, 6) is 1.53. The maximum absolute atomic E-state index is 11.5. The number of aryl methyl sites for hydroxylation is 4. The van der Waals surface area contributed by atoms with E-state index in [9.17, 15) is 4.79 Å². The standard InChI is InChI=1S/C25H28N2O5/c1-29-22-13-18(14-23(30-2)24(22)31-3)8-12-21-16-26-15-20(27-21)11-7-17-5-9-19(10-6-17)25(28)32-4/h5-6,9-10,13-16H,7-8,11-12H2,1-4H3. The number of hydrogen-bond donors (Lipinski definition) is 0. The Labute approximate surface area is 188 Å². The van der Waals surface area contributed by atoms with Crippen LogP contribution in [0.5, 0.6) is 17.2 Å². The summed E-state index contributed by atoms with van der Waals surface area (Å²) in [7, 11) is 6.19. The lowest BCUT2D eigenvalue weighted by Crippen LogP contribution is -2.03. The third-order valence-electron chi connectivity index (χ3n) is 5.17. The Balaban J connectivity index is 1.62. The Morgan fingerprint density at radius 1 is 0.750 bits per heavy atom. The maximum Gasteiger partial charge on any atom is 0.337 e. The van der Waals surface area contributed by atoms with Crippen molar-refractivity contribution in [1.82, 2.24) is 9.97 Å². The molecule has 0 bridgehead atoms. The van der Waals surface area contributed by atoms with Crippen molar-refractivity contribution in [3.8, 4) is 17.2 Å². The van der Waals surface area contributed by atoms with Gasteiger partial charge in [-0.25, -0.2) is 4.79 Å². The van der Waals surface area contributed by atoms with Crippen molar-refractivity contribution in [2.24, 2.45) is 0 Å². The Morgan fingerprint density at radius 2 is 1.31 bits per heavy atom. The lowest BCUT2D eigenvalue weighted by molar-refractivity contribution is 0.0600. The van der Waals surface area contributed by atoms with E-state index in [-0.39, 0.29) is 5.97 Å². The second kappa shape index (κ2) is 11.1. The fourth-order valence-electron chi connectivity index (χ4n) is 3.44. The molecule has 0 fully saturated rings. The van der Waals surface area contributed by atoms with E-state index in [0.29, 0.717) is 22.8 Å². The first-order valence-electron chi connectivity index (χ1n) is 10.3. The molecule has 0 saturated carbocycles. The van der Waals surface area contributed by atoms with Gasteiger partial charge in [0, 0.05) is 12.4 Å². The molecule has 0 saturated heterocycles. The number of benzene rings is 2. The molecule has 0 aliphatic heterocycles. The van der Waals surface area contributed by atoms with Crippen LogP contribution in [-0.4, -0.2) is 44.4 Å². The van der Waals surface area contributed by atoms with E-state index in [0.717, 1.165) is 48.2 Å². The SMILES string of the molecule is COC(=O)c1ccc(CCc2cncc(CCc3cc(OC)c(OC)c(OC)c3)n2)cc1. The molecule has 0 aliphatic carbocycles. The number of ether oxygens (including phenoxy) is 4. The molecule has 0 spiro atoms. The molecule has 0 unspecified atom stereocenters. The van der Waals surface area contributed by atoms with Gasteiger partial charge >= 0.3 is 5.97 Å². The molecule has 7 heteroatoms. The maximum atomic E-state index is 11.5. The molecule has 0 aliphatic rings. The highest BCUT2D eigenvalue weighted by Crippen LogP contribution is 2.38. The predicted octanol–water partition coefficient (Wildman–Crippen LogP) is 3.86. The van der Waals surface area contributed by atoms with Crippen molar-refractivity contribution >= 4 is 5.97 Å². The number of esters is 1. The molecule has 0 amide bonds. The lowest BCUT2D eigenvalue weighted by Gasteiger charge is -2.14. The van der Waals surface area contributed by atoms with E-state index in [1.807, 2.05) is 24.3 Å². The van der Waals surface area contributed by atoms with Gasteiger partial charge in [0.1, 0.15) is 0 Å². The molecule has 32 heavy (non-hydrogen) atoms. The minimum atomic E-state index is -0.331. The summed E-state index contributed by atoms with van der Waals surface area (Å²) < 4.78 is 21.0. The molecular weight excluding hydrogens is 408 g/mol. The van der Waals surface area contributed by atoms with Crippen molar-refractivity contribution in [1.29, 1.82) is 0 Å². The van der Waals surface area contributed by atoms with Crippen molar-refractivity contribution in [2.45, 2.75) is 25.7 Å². The third kappa shape index (κ3) is 5.75. The van der Waals surface area contributed by atoms with Gasteiger partial charge in [0.05, 0.1) is 45.4 Å². The van der Waals surface area contributed by atoms with Crippen molar-refractivity contribution in [3.05, 3.63) is 76.9 Å². The second-order valence-corrected chi connectivity index (χ2v) is 7.22. The highest BCUT2D eigenvalue weighted by molar-refractivity contribution is 5.89. The zero-order chi connectivity index (χ0) is 22.9. The molecular formula is C25H28N2O5. The number of carbonyl (C=O) groups is 1. The van der Waals surface area contributed by atoms with Crippen LogP contribution in [0, 0.1) is 0 Å². The van der Waals surface area contributed by atoms with Crippen LogP contribution in [0.1, 0.15) is 32.9 Å². The average Bonchev–Trinajstić information content (AvgIpc) is 2.85. The van der Waals surface area contributed by atoms with E-state index in [1.165, 1.54) is 7.11 Å². The van der Waals surface area contributed by atoms with Gasteiger partial charge in [-0.3, -0.25) is 9.97 Å². The molecule has 0 radical (unpaired) electrons. The Bertz CT molecular complexity index is 1030. The fraction of sp³-hybridized carbons (Fsp3) is 0.320. The van der Waals surface area contributed by atoms with E-state index < -0.39 is 0 Å². The Hall–Kier alpha value is -3.61. The summed E-state index contributed by atoms with van der Waals surface area (Å²) in [6, 6.07) is 11.3. The van der Waals surface area contributed by atoms with Crippen LogP contribution in [0.15, 0.2) is 48.8 Å². The normalized spacial score (nSPS) is 10.5. The predicted molar refractivity (Wildman–Crippen MR) is 121 cm³/mol. The second-order valence-electron chi connectivity index (χ2n) is 7.22. The third-order valence-corrected chi connectivity index (χ3v) is 5.17. The van der Waals surface area contributed by atoms with Gasteiger partial charge in [-0.15, -0.1) is 0 Å².